The normalized spacial score (nSPS) is 23.6. The predicted octanol–water partition coefficient (Wildman–Crippen LogP) is 2.12. The molecule has 2 heteroatoms. The van der Waals surface area contributed by atoms with Gasteiger partial charge in [0.1, 0.15) is 0 Å². The maximum absolute atomic E-state index is 5.77. The van der Waals surface area contributed by atoms with E-state index >= 15 is 0 Å². The Kier molecular flexibility index (Phi) is 2.73. The van der Waals surface area contributed by atoms with E-state index in [-0.39, 0.29) is 0 Å². The molecule has 0 bridgehead atoms. The highest BCUT2D eigenvalue weighted by Gasteiger charge is 2.21. The Labute approximate surface area is 85.5 Å². The van der Waals surface area contributed by atoms with Crippen LogP contribution in [0.1, 0.15) is 31.2 Å². The molecule has 0 spiro atoms. The van der Waals surface area contributed by atoms with Crippen molar-refractivity contribution < 1.29 is 0 Å². The average molecular weight is 190 g/mol. The minimum Gasteiger partial charge on any atom is -0.399 e. The first-order valence-electron chi connectivity index (χ1n) is 5.36. The van der Waals surface area contributed by atoms with Crippen LogP contribution in [0.25, 0.3) is 0 Å². The van der Waals surface area contributed by atoms with Gasteiger partial charge in [-0.25, -0.2) is 0 Å². The monoisotopic (exact) mass is 190 g/mol. The van der Waals surface area contributed by atoms with Crippen molar-refractivity contribution in [3.8, 4) is 0 Å². The molecule has 0 aliphatic carbocycles. The molecular formula is C12H18N2. The first-order valence-corrected chi connectivity index (χ1v) is 5.36. The van der Waals surface area contributed by atoms with Gasteiger partial charge in [-0.05, 0) is 43.0 Å². The number of nitrogen functional groups attached to an aromatic ring is 1. The lowest BCUT2D eigenvalue weighted by Crippen LogP contribution is -2.27. The van der Waals surface area contributed by atoms with E-state index in [4.69, 9.17) is 5.73 Å². The van der Waals surface area contributed by atoms with E-state index in [9.17, 15) is 0 Å². The lowest BCUT2D eigenvalue weighted by atomic mass is 9.92. The number of hydrogen-bond acceptors (Lipinski definition) is 2. The van der Waals surface area contributed by atoms with Gasteiger partial charge in [0.15, 0.2) is 0 Å². The van der Waals surface area contributed by atoms with Crippen molar-refractivity contribution in [2.45, 2.75) is 31.7 Å². The van der Waals surface area contributed by atoms with E-state index in [2.05, 4.69) is 24.4 Å². The van der Waals surface area contributed by atoms with Crippen molar-refractivity contribution in [3.05, 3.63) is 29.8 Å². The molecule has 1 aromatic rings. The van der Waals surface area contributed by atoms with Crippen LogP contribution in [0.4, 0.5) is 5.69 Å². The summed E-state index contributed by atoms with van der Waals surface area (Å²) in [5.41, 5.74) is 7.99. The summed E-state index contributed by atoms with van der Waals surface area (Å²) in [6.07, 6.45) is 2.59. The van der Waals surface area contributed by atoms with E-state index in [1.807, 2.05) is 12.1 Å². The molecule has 0 amide bonds. The van der Waals surface area contributed by atoms with Crippen LogP contribution in [0, 0.1) is 0 Å². The highest BCUT2D eigenvalue weighted by molar-refractivity contribution is 5.42. The molecule has 2 rings (SSSR count). The van der Waals surface area contributed by atoms with Crippen molar-refractivity contribution in [2.75, 3.05) is 12.3 Å². The third-order valence-electron chi connectivity index (χ3n) is 3.14. The minimum absolute atomic E-state index is 0.570. The molecule has 2 atom stereocenters. The van der Waals surface area contributed by atoms with E-state index < -0.39 is 0 Å². The van der Waals surface area contributed by atoms with Gasteiger partial charge in [0.25, 0.3) is 0 Å². The summed E-state index contributed by atoms with van der Waals surface area (Å²) in [4.78, 5) is 0. The SMILES string of the molecule is CC(c1cccc(N)c1)C1CCCN1. The van der Waals surface area contributed by atoms with E-state index in [0.717, 1.165) is 12.2 Å². The van der Waals surface area contributed by atoms with Crippen molar-refractivity contribution in [1.82, 2.24) is 5.32 Å². The van der Waals surface area contributed by atoms with Crippen LogP contribution in [-0.4, -0.2) is 12.6 Å². The highest BCUT2D eigenvalue weighted by atomic mass is 14.9. The highest BCUT2D eigenvalue weighted by Crippen LogP contribution is 2.25. The fourth-order valence-corrected chi connectivity index (χ4v) is 2.21. The predicted molar refractivity (Wildman–Crippen MR) is 60.3 cm³/mol. The van der Waals surface area contributed by atoms with Crippen LogP contribution in [0.2, 0.25) is 0 Å². The van der Waals surface area contributed by atoms with Gasteiger partial charge in [0.05, 0.1) is 0 Å². The Morgan fingerprint density at radius 2 is 2.36 bits per heavy atom. The van der Waals surface area contributed by atoms with E-state index in [1.54, 1.807) is 0 Å². The Hall–Kier alpha value is -1.02. The van der Waals surface area contributed by atoms with Gasteiger partial charge in [-0.3, -0.25) is 0 Å². The van der Waals surface area contributed by atoms with Crippen LogP contribution >= 0.6 is 0 Å². The topological polar surface area (TPSA) is 38.0 Å². The summed E-state index contributed by atoms with van der Waals surface area (Å²) < 4.78 is 0. The van der Waals surface area contributed by atoms with Crippen LogP contribution in [0.15, 0.2) is 24.3 Å². The second-order valence-corrected chi connectivity index (χ2v) is 4.16. The van der Waals surface area contributed by atoms with Crippen LogP contribution in [0.3, 0.4) is 0 Å². The molecule has 1 aliphatic rings. The third-order valence-corrected chi connectivity index (χ3v) is 3.14. The molecule has 1 aromatic carbocycles. The quantitative estimate of drug-likeness (QED) is 0.701. The molecule has 1 fully saturated rings. The second-order valence-electron chi connectivity index (χ2n) is 4.16. The van der Waals surface area contributed by atoms with Crippen molar-refractivity contribution in [2.24, 2.45) is 0 Å². The molecule has 76 valence electrons. The molecule has 1 aliphatic heterocycles. The number of benzene rings is 1. The van der Waals surface area contributed by atoms with Crippen LogP contribution < -0.4 is 11.1 Å². The van der Waals surface area contributed by atoms with E-state index in [1.165, 1.54) is 18.4 Å². The van der Waals surface area contributed by atoms with Crippen molar-refractivity contribution in [3.63, 3.8) is 0 Å². The number of nitrogens with two attached hydrogens (primary N) is 1. The zero-order chi connectivity index (χ0) is 9.97. The summed E-state index contributed by atoms with van der Waals surface area (Å²) in [6, 6.07) is 8.87. The summed E-state index contributed by atoms with van der Waals surface area (Å²) in [6.45, 7) is 3.44. The van der Waals surface area contributed by atoms with Crippen LogP contribution in [0.5, 0.6) is 0 Å². The average Bonchev–Trinajstić information content (AvgIpc) is 2.69. The molecular weight excluding hydrogens is 172 g/mol. The van der Waals surface area contributed by atoms with Gasteiger partial charge in [-0.15, -0.1) is 0 Å². The molecule has 0 saturated carbocycles. The Morgan fingerprint density at radius 3 is 3.00 bits per heavy atom. The maximum Gasteiger partial charge on any atom is 0.0316 e. The minimum atomic E-state index is 0.570. The lowest BCUT2D eigenvalue weighted by Gasteiger charge is -2.20. The Balaban J connectivity index is 2.13. The first kappa shape index (κ1) is 9.53. The first-order chi connectivity index (χ1) is 6.77. The fourth-order valence-electron chi connectivity index (χ4n) is 2.21. The van der Waals surface area contributed by atoms with Crippen LogP contribution in [-0.2, 0) is 0 Å². The number of hydrogen-bond donors (Lipinski definition) is 2. The fraction of sp³-hybridized carbons (Fsp3) is 0.500. The molecule has 0 aromatic heterocycles. The zero-order valence-corrected chi connectivity index (χ0v) is 8.66. The maximum atomic E-state index is 5.77. The van der Waals surface area contributed by atoms with E-state index in [0.29, 0.717) is 12.0 Å². The molecule has 1 saturated heterocycles. The molecule has 2 unspecified atom stereocenters. The lowest BCUT2D eigenvalue weighted by molar-refractivity contribution is 0.518. The van der Waals surface area contributed by atoms with Gasteiger partial charge < -0.3 is 11.1 Å². The number of nitrogens with one attached hydrogen (secondary N) is 1. The summed E-state index contributed by atoms with van der Waals surface area (Å²) in [5.74, 6) is 0.570. The summed E-state index contributed by atoms with van der Waals surface area (Å²) in [7, 11) is 0. The molecule has 0 radical (unpaired) electrons. The van der Waals surface area contributed by atoms with Crippen molar-refractivity contribution >= 4 is 5.69 Å². The van der Waals surface area contributed by atoms with Gasteiger partial charge in [-0.2, -0.15) is 0 Å². The largest absolute Gasteiger partial charge is 0.399 e. The van der Waals surface area contributed by atoms with Gasteiger partial charge in [0.2, 0.25) is 0 Å². The van der Waals surface area contributed by atoms with Gasteiger partial charge >= 0.3 is 0 Å². The molecule has 14 heavy (non-hydrogen) atoms. The van der Waals surface area contributed by atoms with Gasteiger partial charge in [0, 0.05) is 11.7 Å². The van der Waals surface area contributed by atoms with Crippen molar-refractivity contribution in [1.29, 1.82) is 0 Å². The number of rotatable bonds is 2. The summed E-state index contributed by atoms with van der Waals surface area (Å²) in [5, 5.41) is 3.53. The van der Waals surface area contributed by atoms with Gasteiger partial charge in [-0.1, -0.05) is 19.1 Å². The molecule has 3 N–H and O–H groups in total. The number of anilines is 1. The standard InChI is InChI=1S/C12H18N2/c1-9(12-6-3-7-14-12)10-4-2-5-11(13)8-10/h2,4-5,8-9,12,14H,3,6-7,13H2,1H3. The molecule has 1 heterocycles. The molecule has 2 nitrogen and oxygen atoms in total. The Bertz CT molecular complexity index is 303. The third kappa shape index (κ3) is 1.90. The Morgan fingerprint density at radius 1 is 1.50 bits per heavy atom. The summed E-state index contributed by atoms with van der Waals surface area (Å²) >= 11 is 0. The zero-order valence-electron chi connectivity index (χ0n) is 8.66. The smallest absolute Gasteiger partial charge is 0.0316 e. The second kappa shape index (κ2) is 4.01.